The molecule has 0 aliphatic carbocycles. The lowest BCUT2D eigenvalue weighted by molar-refractivity contribution is 0.962. The molecule has 0 N–H and O–H groups in total. The van der Waals surface area contributed by atoms with Crippen LogP contribution in [0.2, 0.25) is 5.02 Å². The van der Waals surface area contributed by atoms with Gasteiger partial charge in [-0.1, -0.05) is 23.7 Å². The highest BCUT2D eigenvalue weighted by molar-refractivity contribution is 6.35. The highest BCUT2D eigenvalue weighted by Gasteiger charge is 2.04. The molecule has 0 spiro atoms. The molecule has 0 saturated carbocycles. The second kappa shape index (κ2) is 4.32. The number of rotatable bonds is 1. The molecule has 0 amide bonds. The Bertz CT molecular complexity index is 927. The van der Waals surface area contributed by atoms with Gasteiger partial charge >= 0.3 is 0 Å². The number of nitrogens with zero attached hydrogens (tertiary/aromatic N) is 3. The Hall–Kier alpha value is -2.39. The van der Waals surface area contributed by atoms with E-state index in [9.17, 15) is 0 Å². The Morgan fingerprint density at radius 2 is 1.80 bits per heavy atom. The van der Waals surface area contributed by atoms with Gasteiger partial charge in [0.25, 0.3) is 0 Å². The van der Waals surface area contributed by atoms with Crippen molar-refractivity contribution in [1.29, 1.82) is 0 Å². The summed E-state index contributed by atoms with van der Waals surface area (Å²) in [6, 6.07) is 14.1. The van der Waals surface area contributed by atoms with Crippen LogP contribution in [0.3, 0.4) is 0 Å². The predicted octanol–water partition coefficient (Wildman–Crippen LogP) is 4.20. The van der Waals surface area contributed by atoms with Crippen molar-refractivity contribution >= 4 is 28.0 Å². The van der Waals surface area contributed by atoms with Gasteiger partial charge in [-0.15, -0.1) is 0 Å². The maximum absolute atomic E-state index is 6.17. The lowest BCUT2D eigenvalue weighted by atomic mass is 10.0. The predicted molar refractivity (Wildman–Crippen MR) is 80.9 cm³/mol. The molecule has 0 radical (unpaired) electrons. The van der Waals surface area contributed by atoms with Gasteiger partial charge in [0.1, 0.15) is 0 Å². The fraction of sp³-hybridized carbons (Fsp3) is 0. The lowest BCUT2D eigenvalue weighted by Gasteiger charge is -2.05. The van der Waals surface area contributed by atoms with Gasteiger partial charge in [-0.2, -0.15) is 5.10 Å². The van der Waals surface area contributed by atoms with Gasteiger partial charge < -0.3 is 0 Å². The minimum absolute atomic E-state index is 0.729. The molecule has 0 atom stereocenters. The van der Waals surface area contributed by atoms with E-state index in [1.54, 1.807) is 12.4 Å². The summed E-state index contributed by atoms with van der Waals surface area (Å²) in [6.45, 7) is 0. The monoisotopic (exact) mass is 279 g/mol. The molecular weight excluding hydrogens is 270 g/mol. The normalized spacial score (nSPS) is 11.2. The van der Waals surface area contributed by atoms with Crippen molar-refractivity contribution in [2.45, 2.75) is 0 Å². The minimum atomic E-state index is 0.729. The van der Waals surface area contributed by atoms with Crippen LogP contribution in [0.4, 0.5) is 0 Å². The topological polar surface area (TPSA) is 30.2 Å². The summed E-state index contributed by atoms with van der Waals surface area (Å²) < 4.78 is 1.85. The second-order valence-corrected chi connectivity index (χ2v) is 5.05. The molecule has 0 saturated heterocycles. The molecule has 4 aromatic rings. The summed E-state index contributed by atoms with van der Waals surface area (Å²) >= 11 is 6.17. The van der Waals surface area contributed by atoms with E-state index in [0.717, 1.165) is 32.6 Å². The fourth-order valence-electron chi connectivity index (χ4n) is 2.39. The van der Waals surface area contributed by atoms with Crippen LogP contribution < -0.4 is 0 Å². The summed E-state index contributed by atoms with van der Waals surface area (Å²) in [7, 11) is 0. The summed E-state index contributed by atoms with van der Waals surface area (Å²) in [6.07, 6.45) is 5.48. The Morgan fingerprint density at radius 3 is 2.75 bits per heavy atom. The third-order valence-electron chi connectivity index (χ3n) is 3.42. The maximum atomic E-state index is 6.17. The Kier molecular flexibility index (Phi) is 2.47. The third kappa shape index (κ3) is 1.75. The van der Waals surface area contributed by atoms with Crippen molar-refractivity contribution in [1.82, 2.24) is 14.6 Å². The summed E-state index contributed by atoms with van der Waals surface area (Å²) in [4.78, 5) is 4.38. The van der Waals surface area contributed by atoms with Crippen molar-refractivity contribution in [3.05, 3.63) is 66.1 Å². The smallest absolute Gasteiger partial charge is 0.0723 e. The zero-order chi connectivity index (χ0) is 13.5. The van der Waals surface area contributed by atoms with Crippen LogP contribution in [-0.4, -0.2) is 14.6 Å². The van der Waals surface area contributed by atoms with Gasteiger partial charge in [-0.25, -0.2) is 4.52 Å². The average molecular weight is 280 g/mol. The van der Waals surface area contributed by atoms with Gasteiger partial charge in [-0.05, 0) is 41.5 Å². The molecule has 0 fully saturated rings. The van der Waals surface area contributed by atoms with Crippen molar-refractivity contribution in [3.63, 3.8) is 0 Å². The minimum Gasteiger partial charge on any atom is -0.256 e. The van der Waals surface area contributed by atoms with Crippen LogP contribution in [0.5, 0.6) is 0 Å². The van der Waals surface area contributed by atoms with Crippen LogP contribution in [0.15, 0.2) is 61.1 Å². The van der Waals surface area contributed by atoms with Gasteiger partial charge in [0.15, 0.2) is 0 Å². The van der Waals surface area contributed by atoms with E-state index in [0.29, 0.717) is 0 Å². The zero-order valence-electron chi connectivity index (χ0n) is 10.5. The summed E-state index contributed by atoms with van der Waals surface area (Å²) in [5.41, 5.74) is 4.24. The molecule has 3 heterocycles. The Balaban J connectivity index is 1.92. The molecule has 3 aromatic heterocycles. The summed E-state index contributed by atoms with van der Waals surface area (Å²) in [5, 5.41) is 5.91. The van der Waals surface area contributed by atoms with Gasteiger partial charge in [0.2, 0.25) is 0 Å². The van der Waals surface area contributed by atoms with Crippen LogP contribution in [0.25, 0.3) is 27.5 Å². The first-order valence-corrected chi connectivity index (χ1v) is 6.67. The maximum Gasteiger partial charge on any atom is 0.0723 e. The molecule has 0 aliphatic rings. The zero-order valence-corrected chi connectivity index (χ0v) is 11.2. The fourth-order valence-corrected chi connectivity index (χ4v) is 2.61. The molecule has 96 valence electrons. The van der Waals surface area contributed by atoms with Crippen molar-refractivity contribution in [2.75, 3.05) is 0 Å². The number of benzene rings is 1. The number of halogens is 1. The van der Waals surface area contributed by atoms with Crippen molar-refractivity contribution in [3.8, 4) is 11.1 Å². The molecule has 4 heteroatoms. The van der Waals surface area contributed by atoms with Crippen molar-refractivity contribution in [2.24, 2.45) is 0 Å². The van der Waals surface area contributed by atoms with E-state index in [1.165, 1.54) is 0 Å². The molecular formula is C16H10ClN3. The van der Waals surface area contributed by atoms with E-state index < -0.39 is 0 Å². The lowest BCUT2D eigenvalue weighted by Crippen LogP contribution is -1.87. The molecule has 3 nitrogen and oxygen atoms in total. The van der Waals surface area contributed by atoms with E-state index >= 15 is 0 Å². The van der Waals surface area contributed by atoms with Crippen LogP contribution >= 0.6 is 11.6 Å². The summed E-state index contributed by atoms with van der Waals surface area (Å²) in [5.74, 6) is 0. The second-order valence-electron chi connectivity index (χ2n) is 4.64. The first-order chi connectivity index (χ1) is 9.81. The third-order valence-corrected chi connectivity index (χ3v) is 3.75. The molecule has 0 unspecified atom stereocenters. The number of pyridine rings is 2. The highest BCUT2D eigenvalue weighted by atomic mass is 35.5. The number of fused-ring (bicyclic) bond motifs is 2. The van der Waals surface area contributed by atoms with Gasteiger partial charge in [0.05, 0.1) is 16.1 Å². The highest BCUT2D eigenvalue weighted by Crippen LogP contribution is 2.27. The van der Waals surface area contributed by atoms with E-state index in [2.05, 4.69) is 28.3 Å². The van der Waals surface area contributed by atoms with Crippen LogP contribution in [-0.2, 0) is 0 Å². The number of hydrogen-bond donors (Lipinski definition) is 0. The van der Waals surface area contributed by atoms with Crippen LogP contribution in [0.1, 0.15) is 0 Å². The molecule has 1 aromatic carbocycles. The molecule has 0 aliphatic heterocycles. The SMILES string of the molecule is Clc1ccnc2cc(-c3ccn4nccc4c3)ccc12. The Morgan fingerprint density at radius 1 is 0.900 bits per heavy atom. The molecule has 0 bridgehead atoms. The van der Waals surface area contributed by atoms with Crippen LogP contribution in [0, 0.1) is 0 Å². The largest absolute Gasteiger partial charge is 0.256 e. The molecule has 4 rings (SSSR count). The average Bonchev–Trinajstić information content (AvgIpc) is 2.94. The number of aromatic nitrogens is 3. The van der Waals surface area contributed by atoms with E-state index in [1.807, 2.05) is 35.0 Å². The number of hydrogen-bond acceptors (Lipinski definition) is 2. The van der Waals surface area contributed by atoms with E-state index in [4.69, 9.17) is 11.6 Å². The van der Waals surface area contributed by atoms with E-state index in [-0.39, 0.29) is 0 Å². The quantitative estimate of drug-likeness (QED) is 0.523. The molecule has 20 heavy (non-hydrogen) atoms. The first kappa shape index (κ1) is 11.4. The standard InChI is InChI=1S/C16H10ClN3/c17-15-4-6-18-16-10-11(1-2-14(15)16)12-5-8-20-13(9-12)3-7-19-20/h1-10H. The first-order valence-electron chi connectivity index (χ1n) is 6.29. The Labute approximate surface area is 120 Å². The van der Waals surface area contributed by atoms with Gasteiger partial charge in [-0.3, -0.25) is 4.98 Å². The van der Waals surface area contributed by atoms with Crippen molar-refractivity contribution < 1.29 is 0 Å². The van der Waals surface area contributed by atoms with Gasteiger partial charge in [0, 0.05) is 24.0 Å².